The second-order valence-electron chi connectivity index (χ2n) is 18.8. The van der Waals surface area contributed by atoms with Gasteiger partial charge in [0, 0.05) is 6.42 Å². The van der Waals surface area contributed by atoms with Crippen molar-refractivity contribution >= 4 is 13.7 Å². The number of aliphatic hydroxyl groups excluding tert-OH is 1. The van der Waals surface area contributed by atoms with Crippen LogP contribution in [0.5, 0.6) is 0 Å². The molecule has 9 heteroatoms. The number of allylic oxidation sites excluding steroid dienone is 15. The number of amides is 1. The summed E-state index contributed by atoms with van der Waals surface area (Å²) in [6, 6.07) is -0.911. The standard InChI is InChI=1S/C57H101N2O6P/c1-6-8-10-12-14-16-18-20-22-23-24-25-26-27-28-29-30-31-32-33-34-35-37-39-41-43-45-47-49-51-57(61)58-55(54-65-66(62,63)64-53-52-59(3,4)5)56(60)50-48-46-44-42-40-38-36-21-19-17-15-13-11-9-7-2/h8,10,14,16,20,22,24-25,27-28,30-31,40,42,48,50,55-56,60H,6-7,9,11-13,15,17-19,21,23,26,29,32-39,41,43-47,49,51-54H2,1-5H3,(H-,58,61,62,63)/b10-8-,16-14-,22-20-,25-24-,28-27-,31-30-,42-40+,50-48+. The molecule has 0 fully saturated rings. The lowest BCUT2D eigenvalue weighted by atomic mass is 10.0. The first-order valence-corrected chi connectivity index (χ1v) is 28.1. The van der Waals surface area contributed by atoms with Crippen LogP contribution in [0.2, 0.25) is 0 Å². The van der Waals surface area contributed by atoms with Gasteiger partial charge < -0.3 is 28.8 Å². The molecule has 2 N–H and O–H groups in total. The summed E-state index contributed by atoms with van der Waals surface area (Å²) >= 11 is 0. The molecule has 0 aliphatic heterocycles. The maximum absolute atomic E-state index is 12.9. The molecule has 380 valence electrons. The molecule has 0 bridgehead atoms. The minimum absolute atomic E-state index is 0.0118. The fraction of sp³-hybridized carbons (Fsp3) is 0.702. The molecule has 1 amide bonds. The van der Waals surface area contributed by atoms with Gasteiger partial charge in [-0.2, -0.15) is 0 Å². The van der Waals surface area contributed by atoms with Gasteiger partial charge in [0.2, 0.25) is 5.91 Å². The number of rotatable bonds is 47. The second-order valence-corrected chi connectivity index (χ2v) is 20.2. The molecule has 0 aromatic rings. The highest BCUT2D eigenvalue weighted by Gasteiger charge is 2.23. The molecule has 0 saturated carbocycles. The van der Waals surface area contributed by atoms with Gasteiger partial charge in [0.25, 0.3) is 7.82 Å². The first-order chi connectivity index (χ1) is 32.0. The number of likely N-dealkylation sites (N-methyl/N-ethyl adjacent to an activating group) is 1. The molecule has 0 aliphatic rings. The van der Waals surface area contributed by atoms with Gasteiger partial charge in [0.15, 0.2) is 0 Å². The van der Waals surface area contributed by atoms with Crippen molar-refractivity contribution in [1.29, 1.82) is 0 Å². The zero-order valence-electron chi connectivity index (χ0n) is 43.1. The van der Waals surface area contributed by atoms with Crippen LogP contribution in [0.4, 0.5) is 0 Å². The summed E-state index contributed by atoms with van der Waals surface area (Å²) in [6.07, 6.45) is 67.6. The van der Waals surface area contributed by atoms with E-state index in [9.17, 15) is 19.4 Å². The third kappa shape index (κ3) is 49.3. The molecule has 3 unspecified atom stereocenters. The van der Waals surface area contributed by atoms with Crippen LogP contribution in [0, 0.1) is 0 Å². The number of unbranched alkanes of at least 4 members (excludes halogenated alkanes) is 20. The van der Waals surface area contributed by atoms with E-state index in [0.29, 0.717) is 17.4 Å². The monoisotopic (exact) mass is 941 g/mol. The Morgan fingerprint density at radius 1 is 0.545 bits per heavy atom. The number of quaternary nitrogens is 1. The Labute approximate surface area is 407 Å². The largest absolute Gasteiger partial charge is 0.756 e. The Morgan fingerprint density at radius 3 is 1.41 bits per heavy atom. The van der Waals surface area contributed by atoms with Gasteiger partial charge in [-0.25, -0.2) is 0 Å². The Balaban J connectivity index is 4.27. The fourth-order valence-corrected chi connectivity index (χ4v) is 7.84. The minimum atomic E-state index is -4.61. The highest BCUT2D eigenvalue weighted by molar-refractivity contribution is 7.45. The number of carbonyl (C=O) groups is 1. The lowest BCUT2D eigenvalue weighted by molar-refractivity contribution is -0.870. The number of nitrogens with zero attached hydrogens (tertiary/aromatic N) is 1. The van der Waals surface area contributed by atoms with Gasteiger partial charge >= 0.3 is 0 Å². The molecule has 0 aliphatic carbocycles. The van der Waals surface area contributed by atoms with E-state index in [4.69, 9.17) is 9.05 Å². The van der Waals surface area contributed by atoms with Crippen LogP contribution in [0.25, 0.3) is 0 Å². The number of phosphoric ester groups is 1. The maximum atomic E-state index is 12.9. The van der Waals surface area contributed by atoms with Crippen LogP contribution in [-0.2, 0) is 18.4 Å². The summed E-state index contributed by atoms with van der Waals surface area (Å²) < 4.78 is 23.3. The molecule has 0 heterocycles. The highest BCUT2D eigenvalue weighted by atomic mass is 31.2. The van der Waals surface area contributed by atoms with Crippen LogP contribution in [-0.4, -0.2) is 68.5 Å². The summed E-state index contributed by atoms with van der Waals surface area (Å²) in [4.78, 5) is 25.4. The van der Waals surface area contributed by atoms with Gasteiger partial charge in [0.05, 0.1) is 39.9 Å². The number of hydrogen-bond donors (Lipinski definition) is 2. The van der Waals surface area contributed by atoms with Crippen molar-refractivity contribution in [2.45, 2.75) is 219 Å². The van der Waals surface area contributed by atoms with Crippen LogP contribution in [0.1, 0.15) is 206 Å². The Morgan fingerprint density at radius 2 is 0.939 bits per heavy atom. The third-order valence-electron chi connectivity index (χ3n) is 11.3. The van der Waals surface area contributed by atoms with Crippen molar-refractivity contribution in [1.82, 2.24) is 5.32 Å². The predicted octanol–water partition coefficient (Wildman–Crippen LogP) is 15.2. The van der Waals surface area contributed by atoms with Crippen LogP contribution in [0.3, 0.4) is 0 Å². The number of phosphoric acid groups is 1. The first-order valence-electron chi connectivity index (χ1n) is 26.6. The fourth-order valence-electron chi connectivity index (χ4n) is 7.11. The zero-order chi connectivity index (χ0) is 48.5. The Bertz CT molecular complexity index is 1390. The molecule has 0 saturated heterocycles. The summed E-state index contributed by atoms with van der Waals surface area (Å²) in [6.45, 7) is 4.49. The van der Waals surface area contributed by atoms with E-state index in [-0.39, 0.29) is 12.5 Å². The molecule has 66 heavy (non-hydrogen) atoms. The maximum Gasteiger partial charge on any atom is 0.268 e. The van der Waals surface area contributed by atoms with E-state index in [2.05, 4.69) is 104 Å². The summed E-state index contributed by atoms with van der Waals surface area (Å²) in [5.74, 6) is -0.217. The highest BCUT2D eigenvalue weighted by Crippen LogP contribution is 2.38. The van der Waals surface area contributed by atoms with Crippen molar-refractivity contribution in [2.24, 2.45) is 0 Å². The molecule has 0 rings (SSSR count). The van der Waals surface area contributed by atoms with Crippen molar-refractivity contribution < 1.29 is 32.9 Å². The van der Waals surface area contributed by atoms with Crippen LogP contribution in [0.15, 0.2) is 97.2 Å². The molecular formula is C57H101N2O6P. The van der Waals surface area contributed by atoms with Crippen LogP contribution >= 0.6 is 7.82 Å². The normalized spacial score (nSPS) is 14.8. The SMILES string of the molecule is CC/C=C\C/C=C\C/C=C\C/C=C\C/C=C\C/C=C\CCCCCCCCCCCCC(=O)NC(COP(=O)([O-])OCC[N+](C)(C)C)C(O)/C=C/CC/C=C/CCCCCCCCCCC. The smallest absolute Gasteiger partial charge is 0.268 e. The van der Waals surface area contributed by atoms with Crippen molar-refractivity contribution in [3.63, 3.8) is 0 Å². The summed E-state index contributed by atoms with van der Waals surface area (Å²) in [5.41, 5.74) is 0. The predicted molar refractivity (Wildman–Crippen MR) is 283 cm³/mol. The van der Waals surface area contributed by atoms with Gasteiger partial charge in [-0.3, -0.25) is 9.36 Å². The van der Waals surface area contributed by atoms with Crippen LogP contribution < -0.4 is 10.2 Å². The van der Waals surface area contributed by atoms with Gasteiger partial charge in [0.1, 0.15) is 13.2 Å². The molecule has 0 aromatic carbocycles. The summed E-state index contributed by atoms with van der Waals surface area (Å²) in [5, 5.41) is 13.8. The van der Waals surface area contributed by atoms with E-state index in [0.717, 1.165) is 83.5 Å². The molecule has 3 atom stereocenters. The average Bonchev–Trinajstić information content (AvgIpc) is 3.28. The lowest BCUT2D eigenvalue weighted by Crippen LogP contribution is -2.45. The third-order valence-corrected chi connectivity index (χ3v) is 12.2. The molecular weight excluding hydrogens is 840 g/mol. The van der Waals surface area contributed by atoms with Crippen molar-refractivity contribution in [3.8, 4) is 0 Å². The molecule has 0 radical (unpaired) electrons. The quantitative estimate of drug-likeness (QED) is 0.0272. The van der Waals surface area contributed by atoms with E-state index >= 15 is 0 Å². The number of nitrogens with one attached hydrogen (secondary N) is 1. The molecule has 0 aromatic heterocycles. The van der Waals surface area contributed by atoms with Gasteiger partial charge in [-0.05, 0) is 83.5 Å². The number of hydrogen-bond acceptors (Lipinski definition) is 6. The van der Waals surface area contributed by atoms with Gasteiger partial charge in [-0.15, -0.1) is 0 Å². The molecule has 8 nitrogen and oxygen atoms in total. The Kier molecular flexibility index (Phi) is 45.6. The van der Waals surface area contributed by atoms with Crippen molar-refractivity contribution in [2.75, 3.05) is 40.9 Å². The van der Waals surface area contributed by atoms with Gasteiger partial charge in [-0.1, -0.05) is 214 Å². The lowest BCUT2D eigenvalue weighted by Gasteiger charge is -2.29. The topological polar surface area (TPSA) is 108 Å². The Hall–Kier alpha value is -2.58. The average molecular weight is 941 g/mol. The van der Waals surface area contributed by atoms with Crippen molar-refractivity contribution in [3.05, 3.63) is 97.2 Å². The van der Waals surface area contributed by atoms with E-state index < -0.39 is 26.6 Å². The molecule has 0 spiro atoms. The minimum Gasteiger partial charge on any atom is -0.756 e. The van der Waals surface area contributed by atoms with E-state index in [1.165, 1.54) is 103 Å². The zero-order valence-corrected chi connectivity index (χ0v) is 44.0. The summed E-state index contributed by atoms with van der Waals surface area (Å²) in [7, 11) is 1.23. The van der Waals surface area contributed by atoms with E-state index in [1.54, 1.807) is 6.08 Å². The van der Waals surface area contributed by atoms with E-state index in [1.807, 2.05) is 27.2 Å². The number of aliphatic hydroxyl groups is 1. The second kappa shape index (κ2) is 47.5. The first kappa shape index (κ1) is 63.4. The number of carbonyl (C=O) groups excluding carboxylic acids is 1.